The number of rotatable bonds is 5. The summed E-state index contributed by atoms with van der Waals surface area (Å²) in [5.74, 6) is 5.70. The van der Waals surface area contributed by atoms with Gasteiger partial charge in [0.05, 0.1) is 0 Å². The van der Waals surface area contributed by atoms with Crippen LogP contribution in [0.4, 0.5) is 4.39 Å². The maximum absolute atomic E-state index is 13.2. The molecule has 1 aromatic rings. The summed E-state index contributed by atoms with van der Waals surface area (Å²) in [5.41, 5.74) is 1.36. The van der Waals surface area contributed by atoms with Crippen LogP contribution < -0.4 is 0 Å². The van der Waals surface area contributed by atoms with Gasteiger partial charge in [0.15, 0.2) is 0 Å². The quantitative estimate of drug-likeness (QED) is 0.477. The molecular weight excluding hydrogens is 343 g/mol. The molecule has 3 aliphatic carbocycles. The van der Waals surface area contributed by atoms with E-state index in [1.54, 1.807) is 12.1 Å². The van der Waals surface area contributed by atoms with Crippen LogP contribution >= 0.6 is 0 Å². The first-order chi connectivity index (χ1) is 13.7. The molecule has 28 heavy (non-hydrogen) atoms. The predicted octanol–water partition coefficient (Wildman–Crippen LogP) is 8.51. The van der Waals surface area contributed by atoms with Crippen molar-refractivity contribution in [1.82, 2.24) is 0 Å². The highest BCUT2D eigenvalue weighted by Gasteiger charge is 2.34. The van der Waals surface area contributed by atoms with Crippen LogP contribution in [0.1, 0.15) is 108 Å². The second-order valence-electron chi connectivity index (χ2n) is 10.4. The molecule has 0 aliphatic heterocycles. The van der Waals surface area contributed by atoms with E-state index in [9.17, 15) is 4.39 Å². The molecule has 0 heterocycles. The molecular formula is C27H41F. The van der Waals surface area contributed by atoms with Crippen molar-refractivity contribution in [1.29, 1.82) is 0 Å². The molecule has 0 amide bonds. The van der Waals surface area contributed by atoms with E-state index < -0.39 is 0 Å². The van der Waals surface area contributed by atoms with Crippen molar-refractivity contribution in [2.24, 2.45) is 29.6 Å². The molecule has 3 saturated carbocycles. The zero-order chi connectivity index (χ0) is 19.3. The Labute approximate surface area is 172 Å². The van der Waals surface area contributed by atoms with Crippen molar-refractivity contribution in [2.45, 2.75) is 103 Å². The third kappa shape index (κ3) is 5.00. The van der Waals surface area contributed by atoms with Gasteiger partial charge in [0, 0.05) is 0 Å². The van der Waals surface area contributed by atoms with Crippen molar-refractivity contribution in [3.63, 3.8) is 0 Å². The van der Waals surface area contributed by atoms with Gasteiger partial charge in [0.1, 0.15) is 5.82 Å². The topological polar surface area (TPSA) is 0 Å². The van der Waals surface area contributed by atoms with Gasteiger partial charge in [-0.05, 0) is 117 Å². The van der Waals surface area contributed by atoms with Crippen molar-refractivity contribution < 1.29 is 4.39 Å². The first-order valence-electron chi connectivity index (χ1n) is 12.5. The van der Waals surface area contributed by atoms with Crippen LogP contribution in [0.5, 0.6) is 0 Å². The Morgan fingerprint density at radius 2 is 1.07 bits per heavy atom. The fourth-order valence-corrected chi connectivity index (χ4v) is 7.10. The lowest BCUT2D eigenvalue weighted by molar-refractivity contribution is 0.109. The molecule has 3 aliphatic rings. The molecule has 0 unspecified atom stereocenters. The summed E-state index contributed by atoms with van der Waals surface area (Å²) in [7, 11) is 0. The summed E-state index contributed by atoms with van der Waals surface area (Å²) in [6.07, 6.45) is 20.4. The Hall–Kier alpha value is -0.850. The molecule has 0 aromatic heterocycles. The first kappa shape index (κ1) is 20.4. The Balaban J connectivity index is 1.19. The maximum atomic E-state index is 13.2. The van der Waals surface area contributed by atoms with Gasteiger partial charge in [0.25, 0.3) is 0 Å². The van der Waals surface area contributed by atoms with Gasteiger partial charge in [0.2, 0.25) is 0 Å². The third-order valence-corrected chi connectivity index (χ3v) is 8.85. The minimum atomic E-state index is -0.104. The molecule has 156 valence electrons. The standard InChI is InChI=1S/C27H41F/c1-2-3-20-4-6-21(7-5-20)22-8-10-23(11-9-22)24-12-14-25(15-13-24)26-16-18-27(28)19-17-26/h16-25H,2-15H2,1H3. The van der Waals surface area contributed by atoms with Crippen molar-refractivity contribution >= 4 is 0 Å². The minimum absolute atomic E-state index is 0.104. The van der Waals surface area contributed by atoms with Crippen LogP contribution in [0.2, 0.25) is 0 Å². The summed E-state index contributed by atoms with van der Waals surface area (Å²) in [6, 6.07) is 7.30. The molecule has 0 spiro atoms. The Morgan fingerprint density at radius 1 is 0.643 bits per heavy atom. The van der Waals surface area contributed by atoms with Gasteiger partial charge in [-0.2, -0.15) is 0 Å². The predicted molar refractivity (Wildman–Crippen MR) is 117 cm³/mol. The van der Waals surface area contributed by atoms with Crippen LogP contribution in [-0.4, -0.2) is 0 Å². The average molecular weight is 385 g/mol. The van der Waals surface area contributed by atoms with Crippen molar-refractivity contribution in [3.8, 4) is 0 Å². The van der Waals surface area contributed by atoms with Crippen LogP contribution in [0.25, 0.3) is 0 Å². The van der Waals surface area contributed by atoms with E-state index >= 15 is 0 Å². The second-order valence-corrected chi connectivity index (χ2v) is 10.4. The zero-order valence-electron chi connectivity index (χ0n) is 18.1. The SMILES string of the molecule is CCCC1CCC(C2CCC(C3CCC(c4ccc(F)cc4)CC3)CC2)CC1. The normalized spacial score (nSPS) is 36.9. The van der Waals surface area contributed by atoms with Gasteiger partial charge in [-0.3, -0.25) is 0 Å². The van der Waals surface area contributed by atoms with Crippen LogP contribution in [0, 0.1) is 35.4 Å². The van der Waals surface area contributed by atoms with Crippen LogP contribution in [0.3, 0.4) is 0 Å². The largest absolute Gasteiger partial charge is 0.207 e. The van der Waals surface area contributed by atoms with E-state index in [1.807, 2.05) is 12.1 Å². The molecule has 0 N–H and O–H groups in total. The van der Waals surface area contributed by atoms with E-state index in [1.165, 1.54) is 95.5 Å². The summed E-state index contributed by atoms with van der Waals surface area (Å²) >= 11 is 0. The Bertz CT molecular complexity index is 567. The molecule has 4 rings (SSSR count). The minimum Gasteiger partial charge on any atom is -0.207 e. The summed E-state index contributed by atoms with van der Waals surface area (Å²) < 4.78 is 13.2. The van der Waals surface area contributed by atoms with Crippen molar-refractivity contribution in [2.75, 3.05) is 0 Å². The lowest BCUT2D eigenvalue weighted by atomic mass is 9.64. The van der Waals surface area contributed by atoms with E-state index in [0.717, 1.165) is 29.6 Å². The molecule has 1 heteroatoms. The summed E-state index contributed by atoms with van der Waals surface area (Å²) in [4.78, 5) is 0. The number of hydrogen-bond donors (Lipinski definition) is 0. The van der Waals surface area contributed by atoms with E-state index in [-0.39, 0.29) is 5.82 Å². The van der Waals surface area contributed by atoms with E-state index in [0.29, 0.717) is 5.92 Å². The highest BCUT2D eigenvalue weighted by Crippen LogP contribution is 2.47. The van der Waals surface area contributed by atoms with Crippen LogP contribution in [0.15, 0.2) is 24.3 Å². The molecule has 0 saturated heterocycles. The van der Waals surface area contributed by atoms with E-state index in [2.05, 4.69) is 6.92 Å². The maximum Gasteiger partial charge on any atom is 0.123 e. The lowest BCUT2D eigenvalue weighted by Gasteiger charge is -2.41. The summed E-state index contributed by atoms with van der Waals surface area (Å²) in [5, 5.41) is 0. The highest BCUT2D eigenvalue weighted by molar-refractivity contribution is 5.21. The average Bonchev–Trinajstić information content (AvgIpc) is 2.75. The van der Waals surface area contributed by atoms with Gasteiger partial charge in [-0.1, -0.05) is 44.7 Å². The third-order valence-electron chi connectivity index (χ3n) is 8.85. The monoisotopic (exact) mass is 384 g/mol. The van der Waals surface area contributed by atoms with Gasteiger partial charge in [-0.25, -0.2) is 4.39 Å². The van der Waals surface area contributed by atoms with Gasteiger partial charge in [-0.15, -0.1) is 0 Å². The molecule has 0 radical (unpaired) electrons. The Kier molecular flexibility index (Phi) is 7.13. The highest BCUT2D eigenvalue weighted by atomic mass is 19.1. The van der Waals surface area contributed by atoms with Crippen LogP contribution in [-0.2, 0) is 0 Å². The van der Waals surface area contributed by atoms with Gasteiger partial charge < -0.3 is 0 Å². The zero-order valence-corrected chi connectivity index (χ0v) is 18.1. The molecule has 0 nitrogen and oxygen atoms in total. The number of halogens is 1. The Morgan fingerprint density at radius 3 is 1.54 bits per heavy atom. The number of hydrogen-bond acceptors (Lipinski definition) is 0. The molecule has 1 aromatic carbocycles. The molecule has 3 fully saturated rings. The molecule has 0 bridgehead atoms. The fraction of sp³-hybridized carbons (Fsp3) is 0.778. The lowest BCUT2D eigenvalue weighted by Crippen LogP contribution is -2.29. The van der Waals surface area contributed by atoms with Crippen molar-refractivity contribution in [3.05, 3.63) is 35.6 Å². The smallest absolute Gasteiger partial charge is 0.123 e. The van der Waals surface area contributed by atoms with Gasteiger partial charge >= 0.3 is 0 Å². The summed E-state index contributed by atoms with van der Waals surface area (Å²) in [6.45, 7) is 2.35. The first-order valence-corrected chi connectivity index (χ1v) is 12.5. The fourth-order valence-electron chi connectivity index (χ4n) is 7.10. The van der Waals surface area contributed by atoms with E-state index in [4.69, 9.17) is 0 Å². The molecule has 0 atom stereocenters. The second kappa shape index (κ2) is 9.77. The number of benzene rings is 1.